The average molecular weight is 285 g/mol. The number of amides is 1. The second kappa shape index (κ2) is 6.32. The molecule has 1 aliphatic heterocycles. The Balaban J connectivity index is 2.24. The fraction of sp³-hybridized carbons (Fsp3) is 0.500. The van der Waals surface area contributed by atoms with E-state index in [2.05, 4.69) is 25.7 Å². The van der Waals surface area contributed by atoms with Gasteiger partial charge in [0, 0.05) is 18.7 Å². The van der Waals surface area contributed by atoms with Crippen LogP contribution in [0, 0.1) is 24.2 Å². The van der Waals surface area contributed by atoms with Crippen LogP contribution < -0.4 is 0 Å². The third kappa shape index (κ3) is 3.86. The number of carbonyl (C=O) groups is 1. The van der Waals surface area contributed by atoms with Crippen LogP contribution in [0.5, 0.6) is 0 Å². The van der Waals surface area contributed by atoms with Crippen LogP contribution in [0.1, 0.15) is 48.2 Å². The van der Waals surface area contributed by atoms with Gasteiger partial charge in [-0.05, 0) is 37.3 Å². The number of piperidine rings is 1. The van der Waals surface area contributed by atoms with Gasteiger partial charge in [0.1, 0.15) is 6.61 Å². The average Bonchev–Trinajstić information content (AvgIpc) is 2.45. The van der Waals surface area contributed by atoms with E-state index in [0.717, 1.165) is 31.5 Å². The van der Waals surface area contributed by atoms with Gasteiger partial charge < -0.3 is 10.0 Å². The van der Waals surface area contributed by atoms with Gasteiger partial charge in [0.05, 0.1) is 5.56 Å². The van der Waals surface area contributed by atoms with Crippen LogP contribution in [0.15, 0.2) is 18.2 Å². The Morgan fingerprint density at radius 1 is 1.33 bits per heavy atom. The summed E-state index contributed by atoms with van der Waals surface area (Å²) in [6.45, 7) is 7.87. The highest BCUT2D eigenvalue weighted by Crippen LogP contribution is 2.30. The molecule has 1 heterocycles. The van der Waals surface area contributed by atoms with E-state index < -0.39 is 0 Å². The first-order chi connectivity index (χ1) is 9.93. The monoisotopic (exact) mass is 285 g/mol. The van der Waals surface area contributed by atoms with E-state index in [0.29, 0.717) is 16.5 Å². The molecule has 0 aliphatic carbocycles. The van der Waals surface area contributed by atoms with Crippen molar-refractivity contribution in [3.63, 3.8) is 0 Å². The molecule has 0 atom stereocenters. The first-order valence-corrected chi connectivity index (χ1v) is 7.43. The molecule has 1 aromatic carbocycles. The number of aryl methyl sites for hydroxylation is 1. The van der Waals surface area contributed by atoms with Crippen molar-refractivity contribution in [1.29, 1.82) is 0 Å². The summed E-state index contributed by atoms with van der Waals surface area (Å²) in [6.07, 6.45) is 2.06. The second-order valence-electron chi connectivity index (χ2n) is 6.47. The van der Waals surface area contributed by atoms with Crippen molar-refractivity contribution in [2.75, 3.05) is 19.7 Å². The molecule has 21 heavy (non-hydrogen) atoms. The SMILES string of the molecule is Cc1ccc(C#CCO)c(C(=O)N2CCC(C)(C)CC2)c1. The van der Waals surface area contributed by atoms with Crippen molar-refractivity contribution >= 4 is 5.91 Å². The van der Waals surface area contributed by atoms with E-state index >= 15 is 0 Å². The van der Waals surface area contributed by atoms with Gasteiger partial charge >= 0.3 is 0 Å². The maximum Gasteiger partial charge on any atom is 0.255 e. The Bertz CT molecular complexity index is 583. The molecule has 0 spiro atoms. The molecule has 0 radical (unpaired) electrons. The standard InChI is InChI=1S/C18H23NO2/c1-14-6-7-15(5-4-12-20)16(13-14)17(21)19-10-8-18(2,3)9-11-19/h6-7,13,20H,8-12H2,1-3H3. The van der Waals surface area contributed by atoms with E-state index in [1.54, 1.807) is 0 Å². The normalized spacial score (nSPS) is 17.0. The lowest BCUT2D eigenvalue weighted by atomic mass is 9.82. The topological polar surface area (TPSA) is 40.5 Å². The molecule has 0 unspecified atom stereocenters. The van der Waals surface area contributed by atoms with Gasteiger partial charge in [-0.25, -0.2) is 0 Å². The van der Waals surface area contributed by atoms with Crippen molar-refractivity contribution in [1.82, 2.24) is 4.90 Å². The quantitative estimate of drug-likeness (QED) is 0.806. The molecule has 1 aliphatic rings. The number of aliphatic hydroxyl groups is 1. The van der Waals surface area contributed by atoms with Crippen LogP contribution in [0.4, 0.5) is 0 Å². The Morgan fingerprint density at radius 3 is 2.62 bits per heavy atom. The highest BCUT2D eigenvalue weighted by atomic mass is 16.2. The number of aliphatic hydroxyl groups excluding tert-OH is 1. The summed E-state index contributed by atoms with van der Waals surface area (Å²) >= 11 is 0. The third-order valence-electron chi connectivity index (χ3n) is 4.11. The molecule has 1 N–H and O–H groups in total. The smallest absolute Gasteiger partial charge is 0.255 e. The summed E-state index contributed by atoms with van der Waals surface area (Å²) in [5, 5.41) is 8.85. The van der Waals surface area contributed by atoms with Crippen LogP contribution in [0.2, 0.25) is 0 Å². The maximum atomic E-state index is 12.7. The molecular weight excluding hydrogens is 262 g/mol. The first kappa shape index (κ1) is 15.6. The van der Waals surface area contributed by atoms with E-state index in [1.807, 2.05) is 30.0 Å². The first-order valence-electron chi connectivity index (χ1n) is 7.43. The van der Waals surface area contributed by atoms with Gasteiger partial charge in [0.25, 0.3) is 5.91 Å². The van der Waals surface area contributed by atoms with Crippen molar-refractivity contribution in [2.24, 2.45) is 5.41 Å². The maximum absolute atomic E-state index is 12.7. The third-order valence-corrected chi connectivity index (χ3v) is 4.11. The molecule has 1 aromatic rings. The Hall–Kier alpha value is -1.79. The number of nitrogens with zero attached hydrogens (tertiary/aromatic N) is 1. The number of rotatable bonds is 1. The fourth-order valence-electron chi connectivity index (χ4n) is 2.56. The largest absolute Gasteiger partial charge is 0.384 e. The minimum Gasteiger partial charge on any atom is -0.384 e. The van der Waals surface area contributed by atoms with Gasteiger partial charge in [-0.1, -0.05) is 37.3 Å². The van der Waals surface area contributed by atoms with Crippen molar-refractivity contribution in [3.05, 3.63) is 34.9 Å². The van der Waals surface area contributed by atoms with Crippen LogP contribution in [-0.4, -0.2) is 35.6 Å². The summed E-state index contributed by atoms with van der Waals surface area (Å²) in [5.74, 6) is 5.56. The van der Waals surface area contributed by atoms with Crippen LogP contribution in [-0.2, 0) is 0 Å². The zero-order valence-electron chi connectivity index (χ0n) is 13.1. The molecule has 0 aromatic heterocycles. The lowest BCUT2D eigenvalue weighted by Gasteiger charge is -2.37. The van der Waals surface area contributed by atoms with Crippen molar-refractivity contribution < 1.29 is 9.90 Å². The number of hydrogen-bond acceptors (Lipinski definition) is 2. The van der Waals surface area contributed by atoms with Crippen LogP contribution in [0.3, 0.4) is 0 Å². The number of hydrogen-bond donors (Lipinski definition) is 1. The Morgan fingerprint density at radius 2 is 2.00 bits per heavy atom. The van der Waals surface area contributed by atoms with Gasteiger partial charge in [-0.2, -0.15) is 0 Å². The van der Waals surface area contributed by atoms with E-state index in [1.165, 1.54) is 0 Å². The van der Waals surface area contributed by atoms with E-state index in [4.69, 9.17) is 5.11 Å². The minimum absolute atomic E-state index is 0.0523. The van der Waals surface area contributed by atoms with Crippen LogP contribution in [0.25, 0.3) is 0 Å². The second-order valence-corrected chi connectivity index (χ2v) is 6.47. The van der Waals surface area contributed by atoms with Crippen molar-refractivity contribution in [3.8, 4) is 11.8 Å². The molecule has 1 amide bonds. The zero-order chi connectivity index (χ0) is 15.5. The predicted molar refractivity (Wildman–Crippen MR) is 84.1 cm³/mol. The summed E-state index contributed by atoms with van der Waals surface area (Å²) < 4.78 is 0. The number of carbonyl (C=O) groups excluding carboxylic acids is 1. The van der Waals surface area contributed by atoms with Gasteiger partial charge in [-0.15, -0.1) is 0 Å². The lowest BCUT2D eigenvalue weighted by molar-refractivity contribution is 0.0630. The molecule has 1 saturated heterocycles. The van der Waals surface area contributed by atoms with Crippen LogP contribution >= 0.6 is 0 Å². The summed E-state index contributed by atoms with van der Waals surface area (Å²) in [7, 11) is 0. The molecule has 112 valence electrons. The molecule has 0 saturated carbocycles. The molecule has 2 rings (SSSR count). The Kier molecular flexibility index (Phi) is 4.69. The summed E-state index contributed by atoms with van der Waals surface area (Å²) in [4.78, 5) is 14.7. The number of benzene rings is 1. The van der Waals surface area contributed by atoms with Gasteiger partial charge in [0.15, 0.2) is 0 Å². The fourth-order valence-corrected chi connectivity index (χ4v) is 2.56. The zero-order valence-corrected chi connectivity index (χ0v) is 13.1. The van der Waals surface area contributed by atoms with Gasteiger partial charge in [-0.3, -0.25) is 4.79 Å². The molecule has 3 heteroatoms. The summed E-state index contributed by atoms with van der Waals surface area (Å²) in [5.41, 5.74) is 2.72. The number of likely N-dealkylation sites (tertiary alicyclic amines) is 1. The minimum atomic E-state index is -0.195. The predicted octanol–water partition coefficient (Wildman–Crippen LogP) is 2.60. The van der Waals surface area contributed by atoms with Crippen molar-refractivity contribution in [2.45, 2.75) is 33.6 Å². The van der Waals surface area contributed by atoms with Gasteiger partial charge in [0.2, 0.25) is 0 Å². The van der Waals surface area contributed by atoms with E-state index in [-0.39, 0.29) is 12.5 Å². The highest BCUT2D eigenvalue weighted by molar-refractivity contribution is 5.97. The summed E-state index contributed by atoms with van der Waals surface area (Å²) in [6, 6.07) is 5.69. The highest BCUT2D eigenvalue weighted by Gasteiger charge is 2.29. The lowest BCUT2D eigenvalue weighted by Crippen LogP contribution is -2.41. The van der Waals surface area contributed by atoms with E-state index in [9.17, 15) is 4.79 Å². The molecule has 3 nitrogen and oxygen atoms in total. The Labute approximate surface area is 127 Å². The molecule has 1 fully saturated rings. The molecule has 0 bridgehead atoms. The molecular formula is C18H23NO2.